The predicted molar refractivity (Wildman–Crippen MR) is 69.3 cm³/mol. The molecule has 1 atom stereocenters. The van der Waals surface area contributed by atoms with Crippen LogP contribution in [0.15, 0.2) is 0 Å². The summed E-state index contributed by atoms with van der Waals surface area (Å²) in [6.45, 7) is 5.23. The zero-order chi connectivity index (χ0) is 12.1. The van der Waals surface area contributed by atoms with Gasteiger partial charge in [0.1, 0.15) is 0 Å². The smallest absolute Gasteiger partial charge is 0.328 e. The van der Waals surface area contributed by atoms with Crippen molar-refractivity contribution in [3.8, 4) is 0 Å². The molecule has 0 amide bonds. The molecule has 0 aromatic heterocycles. The van der Waals surface area contributed by atoms with Gasteiger partial charge in [0, 0.05) is 0 Å². The normalized spacial score (nSPS) is 12.9. The van der Waals surface area contributed by atoms with Crippen molar-refractivity contribution in [3.05, 3.63) is 0 Å². The fourth-order valence-corrected chi connectivity index (χ4v) is 2.11. The maximum atomic E-state index is 9.17. The van der Waals surface area contributed by atoms with E-state index in [0.29, 0.717) is 13.2 Å². The van der Waals surface area contributed by atoms with Crippen LogP contribution in [-0.4, -0.2) is 18.1 Å². The van der Waals surface area contributed by atoms with Gasteiger partial charge in [-0.15, -0.1) is 0 Å². The molecule has 0 saturated carbocycles. The van der Waals surface area contributed by atoms with E-state index in [9.17, 15) is 0 Å². The van der Waals surface area contributed by atoms with Crippen LogP contribution in [0, 0.1) is 0 Å². The molecule has 0 rings (SSSR count). The van der Waals surface area contributed by atoms with Gasteiger partial charge in [-0.1, -0.05) is 51.9 Å². The van der Waals surface area contributed by atoms with Crippen LogP contribution in [0.2, 0.25) is 0 Å². The Hall–Kier alpha value is 0.310. The minimum Gasteiger partial charge on any atom is -0.328 e. The molecule has 1 N–H and O–H groups in total. The predicted octanol–water partition coefficient (Wildman–Crippen LogP) is 4.40. The fourth-order valence-electron chi connectivity index (χ4n) is 1.53. The Bertz CT molecular complexity index is 133. The topological polar surface area (TPSA) is 38.7 Å². The van der Waals surface area contributed by atoms with Gasteiger partial charge in [0.05, 0.1) is 13.2 Å². The lowest BCUT2D eigenvalue weighted by Crippen LogP contribution is -1.93. The molecule has 1 unspecified atom stereocenters. The van der Waals surface area contributed by atoms with E-state index >= 15 is 0 Å². The molecule has 0 heterocycles. The van der Waals surface area contributed by atoms with E-state index in [2.05, 4.69) is 6.92 Å². The molecule has 0 saturated heterocycles. The molecule has 0 aliphatic carbocycles. The average molecular weight is 250 g/mol. The summed E-state index contributed by atoms with van der Waals surface area (Å²) in [6, 6.07) is 0. The van der Waals surface area contributed by atoms with Gasteiger partial charge in [0.2, 0.25) is 0 Å². The van der Waals surface area contributed by atoms with Crippen LogP contribution in [0.4, 0.5) is 0 Å². The lowest BCUT2D eigenvalue weighted by Gasteiger charge is -2.08. The summed E-state index contributed by atoms with van der Waals surface area (Å²) in [6.07, 6.45) is 10.3. The summed E-state index contributed by atoms with van der Waals surface area (Å²) in [7, 11) is -1.61. The number of unbranched alkanes of at least 4 members (excludes halogenated alkanes) is 7. The van der Waals surface area contributed by atoms with Crippen molar-refractivity contribution in [1.29, 1.82) is 0 Å². The lowest BCUT2D eigenvalue weighted by atomic mass is 10.1. The van der Waals surface area contributed by atoms with E-state index in [0.717, 1.165) is 6.42 Å². The molecule has 0 bridgehead atoms. The van der Waals surface area contributed by atoms with Gasteiger partial charge < -0.3 is 13.9 Å². The Morgan fingerprint density at radius 2 is 1.38 bits per heavy atom. The van der Waals surface area contributed by atoms with E-state index in [1.54, 1.807) is 0 Å². The second-order valence-electron chi connectivity index (χ2n) is 3.96. The minimum atomic E-state index is -1.61. The van der Waals surface area contributed by atoms with Gasteiger partial charge in [-0.2, -0.15) is 0 Å². The first-order valence-corrected chi connectivity index (χ1v) is 7.69. The maximum Gasteiger partial charge on any atom is 0.329 e. The summed E-state index contributed by atoms with van der Waals surface area (Å²) >= 11 is 0. The first-order chi connectivity index (χ1) is 7.81. The third-order valence-corrected chi connectivity index (χ3v) is 3.32. The van der Waals surface area contributed by atoms with Gasteiger partial charge in [-0.25, -0.2) is 0 Å². The minimum absolute atomic E-state index is 0.514. The molecule has 4 heteroatoms. The van der Waals surface area contributed by atoms with Crippen LogP contribution in [-0.2, 0) is 9.05 Å². The largest absolute Gasteiger partial charge is 0.329 e. The summed E-state index contributed by atoms with van der Waals surface area (Å²) in [5, 5.41) is 0. The Balaban J connectivity index is 2.98. The van der Waals surface area contributed by atoms with Crippen LogP contribution in [0.25, 0.3) is 0 Å². The highest BCUT2D eigenvalue weighted by Crippen LogP contribution is 2.32. The summed E-state index contributed by atoms with van der Waals surface area (Å²) in [5.74, 6) is 0. The molecule has 0 aromatic rings. The molecule has 16 heavy (non-hydrogen) atoms. The Kier molecular flexibility index (Phi) is 13.6. The van der Waals surface area contributed by atoms with Crippen molar-refractivity contribution < 1.29 is 13.9 Å². The molecule has 98 valence electrons. The first-order valence-electron chi connectivity index (χ1n) is 6.56. The third-order valence-electron chi connectivity index (χ3n) is 2.44. The fraction of sp³-hybridized carbons (Fsp3) is 1.00. The van der Waals surface area contributed by atoms with E-state index in [4.69, 9.17) is 13.9 Å². The van der Waals surface area contributed by atoms with Crippen molar-refractivity contribution in [2.45, 2.75) is 65.2 Å². The van der Waals surface area contributed by atoms with Crippen LogP contribution in [0.5, 0.6) is 0 Å². The lowest BCUT2D eigenvalue weighted by molar-refractivity contribution is 0.204. The SMILES string of the molecule is CCCCCCCCCCOP(O)OCC. The zero-order valence-corrected chi connectivity index (χ0v) is 11.7. The molecule has 3 nitrogen and oxygen atoms in total. The van der Waals surface area contributed by atoms with E-state index in [1.807, 2.05) is 6.92 Å². The average Bonchev–Trinajstić information content (AvgIpc) is 2.27. The number of hydrogen-bond acceptors (Lipinski definition) is 3. The van der Waals surface area contributed by atoms with Crippen molar-refractivity contribution in [2.75, 3.05) is 13.2 Å². The Morgan fingerprint density at radius 3 is 1.94 bits per heavy atom. The van der Waals surface area contributed by atoms with E-state index < -0.39 is 8.60 Å². The highest BCUT2D eigenvalue weighted by Gasteiger charge is 2.03. The summed E-state index contributed by atoms with van der Waals surface area (Å²) in [5.41, 5.74) is 0. The van der Waals surface area contributed by atoms with Gasteiger partial charge >= 0.3 is 8.60 Å². The van der Waals surface area contributed by atoms with E-state index in [1.165, 1.54) is 44.9 Å². The number of hydrogen-bond donors (Lipinski definition) is 1. The van der Waals surface area contributed by atoms with Crippen molar-refractivity contribution in [1.82, 2.24) is 0 Å². The molecule has 0 fully saturated rings. The van der Waals surface area contributed by atoms with Gasteiger partial charge in [0.25, 0.3) is 0 Å². The molecule has 0 aliphatic rings. The third kappa shape index (κ3) is 12.4. The number of rotatable bonds is 12. The quantitative estimate of drug-likeness (QED) is 0.412. The summed E-state index contributed by atoms with van der Waals surface area (Å²) < 4.78 is 10.0. The van der Waals surface area contributed by atoms with Gasteiger partial charge in [0.15, 0.2) is 0 Å². The van der Waals surface area contributed by atoms with Crippen LogP contribution in [0.3, 0.4) is 0 Å². The van der Waals surface area contributed by atoms with Crippen molar-refractivity contribution >= 4 is 8.60 Å². The van der Waals surface area contributed by atoms with Gasteiger partial charge in [-0.3, -0.25) is 0 Å². The maximum absolute atomic E-state index is 9.17. The van der Waals surface area contributed by atoms with Crippen LogP contribution in [0.1, 0.15) is 65.2 Å². The monoisotopic (exact) mass is 250 g/mol. The highest BCUT2D eigenvalue weighted by atomic mass is 31.2. The second kappa shape index (κ2) is 13.4. The molecule has 0 spiro atoms. The zero-order valence-electron chi connectivity index (χ0n) is 10.8. The first kappa shape index (κ1) is 16.3. The molecule has 0 aliphatic heterocycles. The molecular formula is C12H27O3P. The van der Waals surface area contributed by atoms with Crippen LogP contribution < -0.4 is 0 Å². The summed E-state index contributed by atoms with van der Waals surface area (Å²) in [4.78, 5) is 9.17. The van der Waals surface area contributed by atoms with Gasteiger partial charge in [-0.05, 0) is 13.3 Å². The van der Waals surface area contributed by atoms with Crippen LogP contribution >= 0.6 is 8.60 Å². The Morgan fingerprint density at radius 1 is 0.812 bits per heavy atom. The van der Waals surface area contributed by atoms with Crippen molar-refractivity contribution in [2.24, 2.45) is 0 Å². The van der Waals surface area contributed by atoms with E-state index in [-0.39, 0.29) is 0 Å². The molecule has 0 aromatic carbocycles. The Labute approximate surface area is 102 Å². The molecule has 0 radical (unpaired) electrons. The van der Waals surface area contributed by atoms with Crippen molar-refractivity contribution in [3.63, 3.8) is 0 Å². The standard InChI is InChI=1S/C12H27O3P/c1-3-5-6-7-8-9-10-11-12-15-16(13)14-4-2/h13H,3-12H2,1-2H3. The highest BCUT2D eigenvalue weighted by molar-refractivity contribution is 7.40. The molecular weight excluding hydrogens is 223 g/mol. The second-order valence-corrected chi connectivity index (χ2v) is 4.96.